The van der Waals surface area contributed by atoms with Crippen molar-refractivity contribution in [1.82, 2.24) is 0 Å². The highest BCUT2D eigenvalue weighted by atomic mass is 16.7. The zero-order chi connectivity index (χ0) is 26.5. The molecule has 0 aliphatic heterocycles. The third-order valence-corrected chi connectivity index (χ3v) is 3.90. The molecule has 0 heterocycles. The van der Waals surface area contributed by atoms with Crippen LogP contribution in [0.4, 0.5) is 34.1 Å². The van der Waals surface area contributed by atoms with Gasteiger partial charge in [-0.25, -0.2) is 0 Å². The van der Waals surface area contributed by atoms with Crippen LogP contribution in [0.1, 0.15) is 5.56 Å². The van der Waals surface area contributed by atoms with Gasteiger partial charge in [-0.05, 0) is 6.92 Å². The summed E-state index contributed by atoms with van der Waals surface area (Å²) in [6.45, 7) is 1.03. The van der Waals surface area contributed by atoms with Gasteiger partial charge in [-0.1, -0.05) is 0 Å². The fraction of sp³-hybridized carbons (Fsp3) is 0.143. The lowest BCUT2D eigenvalue weighted by molar-refractivity contribution is -0.405. The van der Waals surface area contributed by atoms with Gasteiger partial charge < -0.3 is 9.84 Å². The first-order valence-corrected chi connectivity index (χ1v) is 8.10. The lowest BCUT2D eigenvalue weighted by Crippen LogP contribution is -2.01. The Hall–Kier alpha value is -5.56. The van der Waals surface area contributed by atoms with Crippen LogP contribution in [0.2, 0.25) is 0 Å². The van der Waals surface area contributed by atoms with E-state index < -0.39 is 80.7 Å². The van der Waals surface area contributed by atoms with Crippen LogP contribution in [0.5, 0.6) is 11.5 Å². The van der Waals surface area contributed by atoms with Crippen molar-refractivity contribution in [1.29, 1.82) is 0 Å². The summed E-state index contributed by atoms with van der Waals surface area (Å²) in [5.74, 6) is -1.81. The first-order chi connectivity index (χ1) is 15.6. The number of ether oxygens (including phenoxy) is 1. The van der Waals surface area contributed by atoms with Crippen LogP contribution in [0.3, 0.4) is 0 Å². The number of rotatable bonds is 7. The fourth-order valence-electron chi connectivity index (χ4n) is 2.45. The van der Waals surface area contributed by atoms with E-state index in [1.165, 1.54) is 0 Å². The number of phenolic OH excluding ortho intramolecular Hbond substituents is 1. The number of aromatic hydroxyl groups is 1. The Morgan fingerprint density at radius 1 is 0.647 bits per heavy atom. The molecule has 0 aromatic heterocycles. The first-order valence-electron chi connectivity index (χ1n) is 8.10. The third kappa shape index (κ3) is 5.37. The minimum absolute atomic E-state index is 0.442. The lowest BCUT2D eigenvalue weighted by atomic mass is 10.1. The second-order valence-corrected chi connectivity index (χ2v) is 5.80. The normalized spacial score (nSPS) is 9.82. The van der Waals surface area contributed by atoms with Crippen LogP contribution in [-0.4, -0.2) is 41.8 Å². The summed E-state index contributed by atoms with van der Waals surface area (Å²) in [7, 11) is 1.00. The number of non-ortho nitro benzene ring substituents is 1. The SMILES string of the molecule is COc1c([N+](=O)[O-])cc([N+](=O)[O-])cc1[N+](=O)[O-].Cc1c([N+](=O)[O-])cc([N+](=O)[O-])c(O)c1[N+](=O)[O-]. The van der Waals surface area contributed by atoms with E-state index >= 15 is 0 Å². The molecule has 0 atom stereocenters. The molecule has 0 saturated heterocycles. The highest BCUT2D eigenvalue weighted by molar-refractivity contribution is 5.70. The van der Waals surface area contributed by atoms with E-state index in [0.717, 1.165) is 14.0 Å². The third-order valence-electron chi connectivity index (χ3n) is 3.90. The summed E-state index contributed by atoms with van der Waals surface area (Å²) in [5.41, 5.74) is -5.74. The molecule has 0 aliphatic carbocycles. The van der Waals surface area contributed by atoms with E-state index in [1.807, 2.05) is 0 Å². The maximum Gasteiger partial charge on any atom is 0.327 e. The molecule has 34 heavy (non-hydrogen) atoms. The molecule has 0 aliphatic rings. The Labute approximate surface area is 184 Å². The minimum atomic E-state index is -1.19. The Balaban J connectivity index is 0.000000340. The van der Waals surface area contributed by atoms with Crippen LogP contribution in [0.15, 0.2) is 18.2 Å². The minimum Gasteiger partial charge on any atom is -0.497 e. The van der Waals surface area contributed by atoms with Crippen LogP contribution in [-0.2, 0) is 0 Å². The van der Waals surface area contributed by atoms with Crippen LogP contribution in [0, 0.1) is 67.6 Å². The van der Waals surface area contributed by atoms with Gasteiger partial charge >= 0.3 is 22.7 Å². The highest BCUT2D eigenvalue weighted by Gasteiger charge is 2.34. The van der Waals surface area contributed by atoms with E-state index in [9.17, 15) is 65.8 Å². The molecule has 0 fully saturated rings. The van der Waals surface area contributed by atoms with Crippen LogP contribution in [0.25, 0.3) is 0 Å². The molecule has 20 heteroatoms. The van der Waals surface area contributed by atoms with Gasteiger partial charge in [0.25, 0.3) is 22.9 Å². The monoisotopic (exact) mass is 486 g/mol. The Morgan fingerprint density at radius 2 is 1.06 bits per heavy atom. The molecule has 0 saturated carbocycles. The molecule has 1 N–H and O–H groups in total. The number of hydrogen-bond acceptors (Lipinski definition) is 14. The smallest absolute Gasteiger partial charge is 0.327 e. The quantitative estimate of drug-likeness (QED) is 0.434. The van der Waals surface area contributed by atoms with Gasteiger partial charge in [0.15, 0.2) is 0 Å². The number of nitro benzene ring substituents is 6. The van der Waals surface area contributed by atoms with Crippen molar-refractivity contribution < 1.29 is 39.4 Å². The molecule has 2 aromatic rings. The van der Waals surface area contributed by atoms with Gasteiger partial charge in [0.2, 0.25) is 0 Å². The molecule has 20 nitrogen and oxygen atoms in total. The van der Waals surface area contributed by atoms with Gasteiger partial charge in [-0.15, -0.1) is 0 Å². The zero-order valence-electron chi connectivity index (χ0n) is 16.7. The summed E-state index contributed by atoms with van der Waals surface area (Å²) in [6, 6.07) is 1.69. The molecule has 0 bridgehead atoms. The van der Waals surface area contributed by atoms with Crippen LogP contribution < -0.4 is 4.74 Å². The number of hydrogen-bond donors (Lipinski definition) is 1. The van der Waals surface area contributed by atoms with E-state index in [0.29, 0.717) is 18.2 Å². The van der Waals surface area contributed by atoms with Crippen molar-refractivity contribution in [2.45, 2.75) is 6.92 Å². The largest absolute Gasteiger partial charge is 0.497 e. The summed E-state index contributed by atoms with van der Waals surface area (Å²) >= 11 is 0. The van der Waals surface area contributed by atoms with Crippen molar-refractivity contribution in [2.75, 3.05) is 7.11 Å². The fourth-order valence-corrected chi connectivity index (χ4v) is 2.45. The van der Waals surface area contributed by atoms with Gasteiger partial charge in [-0.3, -0.25) is 60.7 Å². The van der Waals surface area contributed by atoms with Gasteiger partial charge in [0.05, 0.1) is 54.8 Å². The van der Waals surface area contributed by atoms with Crippen LogP contribution >= 0.6 is 0 Å². The lowest BCUT2D eigenvalue weighted by Gasteiger charge is -2.02. The Kier molecular flexibility index (Phi) is 7.92. The number of methoxy groups -OCH3 is 1. The average molecular weight is 486 g/mol. The van der Waals surface area contributed by atoms with Crippen molar-refractivity contribution in [2.24, 2.45) is 0 Å². The Bertz CT molecular complexity index is 1170. The second kappa shape index (κ2) is 10.2. The topological polar surface area (TPSA) is 288 Å². The van der Waals surface area contributed by atoms with Crippen molar-refractivity contribution >= 4 is 34.1 Å². The first kappa shape index (κ1) is 26.5. The van der Waals surface area contributed by atoms with E-state index in [2.05, 4.69) is 4.74 Å². The van der Waals surface area contributed by atoms with Crippen molar-refractivity contribution in [3.05, 3.63) is 84.4 Å². The molecular weight excluding hydrogens is 476 g/mol. The van der Waals surface area contributed by atoms with E-state index in [-0.39, 0.29) is 0 Å². The number of nitro groups is 6. The molecule has 2 aromatic carbocycles. The average Bonchev–Trinajstić information content (AvgIpc) is 2.72. The predicted octanol–water partition coefficient (Wildman–Crippen LogP) is 2.85. The van der Waals surface area contributed by atoms with Gasteiger partial charge in [-0.2, -0.15) is 0 Å². The zero-order valence-corrected chi connectivity index (χ0v) is 16.7. The predicted molar refractivity (Wildman–Crippen MR) is 106 cm³/mol. The highest BCUT2D eigenvalue weighted by Crippen LogP contribution is 2.43. The molecule has 0 amide bonds. The molecule has 2 rings (SSSR count). The molecular formula is C14H10N6O14. The molecule has 0 radical (unpaired) electrons. The molecule has 180 valence electrons. The number of nitrogens with zero attached hydrogens (tertiary/aromatic N) is 6. The maximum atomic E-state index is 10.6. The summed E-state index contributed by atoms with van der Waals surface area (Å²) in [4.78, 5) is 57.2. The molecule has 0 unspecified atom stereocenters. The Morgan fingerprint density at radius 3 is 1.35 bits per heavy atom. The van der Waals surface area contributed by atoms with Gasteiger partial charge in [0.1, 0.15) is 5.56 Å². The van der Waals surface area contributed by atoms with E-state index in [1.54, 1.807) is 0 Å². The summed E-state index contributed by atoms with van der Waals surface area (Å²) in [5, 5.41) is 72.6. The standard InChI is InChI=1S/2C7H5N3O7/c1-17-7-5(9(13)14)2-4(8(11)12)3-6(7)10(15)16;1-3-4(8(12)13)2-5(9(14)15)7(11)6(3)10(16)17/h2-3H,1H3;2,11H,1H3. The summed E-state index contributed by atoms with van der Waals surface area (Å²) in [6.07, 6.45) is 0. The number of phenols is 1. The number of benzene rings is 2. The molecule has 0 spiro atoms. The maximum absolute atomic E-state index is 10.6. The van der Waals surface area contributed by atoms with Gasteiger partial charge in [0, 0.05) is 0 Å². The van der Waals surface area contributed by atoms with Crippen molar-refractivity contribution in [3.8, 4) is 11.5 Å². The summed E-state index contributed by atoms with van der Waals surface area (Å²) < 4.78 is 4.53. The van der Waals surface area contributed by atoms with E-state index in [4.69, 9.17) is 0 Å². The van der Waals surface area contributed by atoms with Crippen molar-refractivity contribution in [3.63, 3.8) is 0 Å². The second-order valence-electron chi connectivity index (χ2n) is 5.80.